The summed E-state index contributed by atoms with van der Waals surface area (Å²) >= 11 is 0. The predicted molar refractivity (Wildman–Crippen MR) is 60.1 cm³/mol. The number of aromatic nitrogens is 2. The summed E-state index contributed by atoms with van der Waals surface area (Å²) in [5, 5.41) is 7.47. The Morgan fingerprint density at radius 1 is 1.56 bits per heavy atom. The van der Waals surface area contributed by atoms with Crippen molar-refractivity contribution in [1.82, 2.24) is 15.1 Å². The van der Waals surface area contributed by atoms with E-state index in [1.54, 1.807) is 10.9 Å². The first-order chi connectivity index (χ1) is 7.69. The highest BCUT2D eigenvalue weighted by Crippen LogP contribution is 2.38. The molecular weight excluding hydrogens is 204 g/mol. The van der Waals surface area contributed by atoms with E-state index in [0.717, 1.165) is 31.7 Å². The van der Waals surface area contributed by atoms with Crippen LogP contribution in [0.5, 0.6) is 0 Å². The van der Waals surface area contributed by atoms with Crippen LogP contribution in [-0.4, -0.2) is 35.3 Å². The van der Waals surface area contributed by atoms with Gasteiger partial charge in [0.2, 0.25) is 5.91 Å². The first kappa shape index (κ1) is 9.84. The monoisotopic (exact) mass is 220 g/mol. The Bertz CT molecular complexity index is 419. The largest absolute Gasteiger partial charge is 0.316 e. The van der Waals surface area contributed by atoms with Crippen LogP contribution in [0.4, 0.5) is 5.69 Å². The molecule has 0 aromatic carbocycles. The molecular formula is C11H16N4O. The molecule has 0 radical (unpaired) electrons. The van der Waals surface area contributed by atoms with Crippen LogP contribution >= 0.6 is 0 Å². The Balaban J connectivity index is 1.85. The van der Waals surface area contributed by atoms with Crippen molar-refractivity contribution < 1.29 is 4.79 Å². The van der Waals surface area contributed by atoms with Crippen molar-refractivity contribution in [2.24, 2.45) is 12.5 Å². The molecule has 2 saturated heterocycles. The van der Waals surface area contributed by atoms with Crippen LogP contribution in [0.2, 0.25) is 0 Å². The lowest BCUT2D eigenvalue weighted by Gasteiger charge is -2.21. The maximum Gasteiger partial charge on any atom is 0.227 e. The number of rotatable bonds is 1. The van der Waals surface area contributed by atoms with Gasteiger partial charge in [-0.2, -0.15) is 5.10 Å². The molecule has 1 atom stereocenters. The molecule has 1 amide bonds. The van der Waals surface area contributed by atoms with E-state index in [9.17, 15) is 4.79 Å². The second-order valence-electron chi connectivity index (χ2n) is 4.96. The first-order valence-electron chi connectivity index (χ1n) is 5.68. The van der Waals surface area contributed by atoms with Gasteiger partial charge in [0.15, 0.2) is 0 Å². The highest BCUT2D eigenvalue weighted by molar-refractivity contribution is 5.96. The minimum atomic E-state index is 0.174. The Hall–Kier alpha value is -1.36. The van der Waals surface area contributed by atoms with Crippen LogP contribution in [-0.2, 0) is 11.8 Å². The summed E-state index contributed by atoms with van der Waals surface area (Å²) in [7, 11) is 1.87. The fraction of sp³-hybridized carbons (Fsp3) is 0.636. The van der Waals surface area contributed by atoms with Crippen LogP contribution in [0.25, 0.3) is 0 Å². The minimum absolute atomic E-state index is 0.174. The summed E-state index contributed by atoms with van der Waals surface area (Å²) in [6.45, 7) is 2.84. The number of nitrogens with one attached hydrogen (secondary N) is 1. The normalized spacial score (nSPS) is 29.6. The highest BCUT2D eigenvalue weighted by atomic mass is 16.2. The second kappa shape index (κ2) is 3.31. The molecule has 3 rings (SSSR count). The number of hydrogen-bond donors (Lipinski definition) is 1. The van der Waals surface area contributed by atoms with Gasteiger partial charge in [0.05, 0.1) is 11.9 Å². The Morgan fingerprint density at radius 3 is 3.06 bits per heavy atom. The number of amides is 1. The molecule has 0 aliphatic carbocycles. The van der Waals surface area contributed by atoms with Crippen LogP contribution in [0.15, 0.2) is 12.4 Å². The van der Waals surface area contributed by atoms with Crippen LogP contribution < -0.4 is 10.2 Å². The Labute approximate surface area is 94.4 Å². The van der Waals surface area contributed by atoms with Gasteiger partial charge >= 0.3 is 0 Å². The average molecular weight is 220 g/mol. The number of hydrogen-bond acceptors (Lipinski definition) is 3. The highest BCUT2D eigenvalue weighted by Gasteiger charge is 2.45. The van der Waals surface area contributed by atoms with Crippen molar-refractivity contribution in [1.29, 1.82) is 0 Å². The first-order valence-corrected chi connectivity index (χ1v) is 5.68. The number of nitrogens with zero attached hydrogens (tertiary/aromatic N) is 3. The lowest BCUT2D eigenvalue weighted by molar-refractivity contribution is -0.117. The maximum absolute atomic E-state index is 12.0. The van der Waals surface area contributed by atoms with E-state index in [4.69, 9.17) is 0 Å². The topological polar surface area (TPSA) is 50.2 Å². The zero-order valence-corrected chi connectivity index (χ0v) is 9.44. The van der Waals surface area contributed by atoms with Crippen LogP contribution in [0.3, 0.4) is 0 Å². The van der Waals surface area contributed by atoms with Gasteiger partial charge in [0.1, 0.15) is 0 Å². The van der Waals surface area contributed by atoms with Gasteiger partial charge in [0, 0.05) is 38.2 Å². The third kappa shape index (κ3) is 1.43. The summed E-state index contributed by atoms with van der Waals surface area (Å²) in [5.74, 6) is 0.233. The third-order valence-electron chi connectivity index (χ3n) is 3.66. The van der Waals surface area contributed by atoms with Crippen LogP contribution in [0.1, 0.15) is 12.8 Å². The van der Waals surface area contributed by atoms with E-state index < -0.39 is 0 Å². The van der Waals surface area contributed by atoms with Crippen molar-refractivity contribution in [3.8, 4) is 0 Å². The molecule has 16 heavy (non-hydrogen) atoms. The van der Waals surface area contributed by atoms with Gasteiger partial charge in [-0.05, 0) is 13.0 Å². The van der Waals surface area contributed by atoms with E-state index in [-0.39, 0.29) is 11.3 Å². The van der Waals surface area contributed by atoms with E-state index in [1.165, 1.54) is 0 Å². The molecule has 2 fully saturated rings. The molecule has 0 saturated carbocycles. The van der Waals surface area contributed by atoms with Crippen molar-refractivity contribution in [2.45, 2.75) is 12.8 Å². The van der Waals surface area contributed by atoms with Gasteiger partial charge < -0.3 is 10.2 Å². The smallest absolute Gasteiger partial charge is 0.227 e. The number of carbonyl (C=O) groups is 1. The minimum Gasteiger partial charge on any atom is -0.316 e. The quantitative estimate of drug-likeness (QED) is 0.732. The predicted octanol–water partition coefficient (Wildman–Crippen LogP) is 0.136. The molecule has 0 bridgehead atoms. The summed E-state index contributed by atoms with van der Waals surface area (Å²) in [6, 6.07) is 0. The van der Waals surface area contributed by atoms with E-state index in [2.05, 4.69) is 10.4 Å². The summed E-state index contributed by atoms with van der Waals surface area (Å²) in [4.78, 5) is 13.9. The molecule has 2 aliphatic rings. The molecule has 5 nitrogen and oxygen atoms in total. The standard InChI is InChI=1S/C11H16N4O/c1-14-6-9(5-13-14)15-8-11(4-10(15)16)2-3-12-7-11/h5-6,12H,2-4,7-8H2,1H3/t11-/m1/s1. The second-order valence-corrected chi connectivity index (χ2v) is 4.96. The maximum atomic E-state index is 12.0. The number of aryl methyl sites for hydroxylation is 1. The average Bonchev–Trinajstić information content (AvgIpc) is 2.90. The molecule has 86 valence electrons. The van der Waals surface area contributed by atoms with E-state index in [0.29, 0.717) is 6.42 Å². The Kier molecular flexibility index (Phi) is 2.04. The van der Waals surface area contributed by atoms with Gasteiger partial charge in [0.25, 0.3) is 0 Å². The van der Waals surface area contributed by atoms with Gasteiger partial charge in [-0.3, -0.25) is 9.48 Å². The zero-order chi connectivity index (χ0) is 11.2. The summed E-state index contributed by atoms with van der Waals surface area (Å²) in [5.41, 5.74) is 1.10. The fourth-order valence-electron chi connectivity index (χ4n) is 2.76. The molecule has 3 heterocycles. The molecule has 1 aromatic heterocycles. The van der Waals surface area contributed by atoms with Crippen molar-refractivity contribution >= 4 is 11.6 Å². The van der Waals surface area contributed by atoms with Crippen molar-refractivity contribution in [3.05, 3.63) is 12.4 Å². The number of anilines is 1. The Morgan fingerprint density at radius 2 is 2.44 bits per heavy atom. The molecule has 2 aliphatic heterocycles. The summed E-state index contributed by atoms with van der Waals surface area (Å²) < 4.78 is 1.74. The third-order valence-corrected chi connectivity index (χ3v) is 3.66. The van der Waals surface area contributed by atoms with Crippen molar-refractivity contribution in [2.75, 3.05) is 24.5 Å². The van der Waals surface area contributed by atoms with Gasteiger partial charge in [-0.15, -0.1) is 0 Å². The molecule has 1 N–H and O–H groups in total. The molecule has 0 unspecified atom stereocenters. The van der Waals surface area contributed by atoms with Crippen molar-refractivity contribution in [3.63, 3.8) is 0 Å². The fourth-order valence-corrected chi connectivity index (χ4v) is 2.76. The van der Waals surface area contributed by atoms with E-state index in [1.807, 2.05) is 18.1 Å². The lowest BCUT2D eigenvalue weighted by atomic mass is 9.86. The molecule has 1 aromatic rings. The van der Waals surface area contributed by atoms with Crippen LogP contribution in [0, 0.1) is 5.41 Å². The van der Waals surface area contributed by atoms with E-state index >= 15 is 0 Å². The summed E-state index contributed by atoms with van der Waals surface area (Å²) in [6.07, 6.45) is 5.45. The number of carbonyl (C=O) groups excluding carboxylic acids is 1. The van der Waals surface area contributed by atoms with Gasteiger partial charge in [-0.25, -0.2) is 0 Å². The lowest BCUT2D eigenvalue weighted by Crippen LogP contribution is -2.29. The molecule has 5 heteroatoms. The van der Waals surface area contributed by atoms with Gasteiger partial charge in [-0.1, -0.05) is 0 Å². The SMILES string of the molecule is Cn1cc(N2C[C@]3(CCNC3)CC2=O)cn1. The zero-order valence-electron chi connectivity index (χ0n) is 9.44. The molecule has 1 spiro atoms.